The Kier molecular flexibility index (Phi) is 0.776. The minimum Gasteiger partial charge on any atom is -0.358 e. The van der Waals surface area contributed by atoms with Crippen LogP contribution in [0.3, 0.4) is 0 Å². The van der Waals surface area contributed by atoms with Crippen LogP contribution in [0, 0.1) is 0 Å². The molecule has 2 heterocycles. The summed E-state index contributed by atoms with van der Waals surface area (Å²) in [6, 6.07) is 1.97. The number of carbonyl (C=O) groups is 1. The first-order chi connectivity index (χ1) is 6.82. The third kappa shape index (κ3) is 0.472. The van der Waals surface area contributed by atoms with E-state index in [1.54, 1.807) is 6.08 Å². The second kappa shape index (κ2) is 1.66. The first-order valence-corrected chi connectivity index (χ1v) is 4.54. The average Bonchev–Trinajstić information content (AvgIpc) is 2.62. The molecule has 0 amide bonds. The summed E-state index contributed by atoms with van der Waals surface area (Å²) in [7, 11) is 0. The Morgan fingerprint density at radius 3 is 3.21 bits per heavy atom. The van der Waals surface area contributed by atoms with E-state index in [9.17, 15) is 4.79 Å². The Bertz CT molecular complexity index is 574. The van der Waals surface area contributed by atoms with E-state index in [1.165, 1.54) is 5.57 Å². The van der Waals surface area contributed by atoms with Crippen molar-refractivity contribution < 1.29 is 4.79 Å². The first kappa shape index (κ1) is 6.54. The normalized spacial score (nSPS) is 30.4. The number of aromatic amines is 1. The number of aliphatic imine (C=N–C) groups is 1. The Morgan fingerprint density at radius 2 is 2.36 bits per heavy atom. The summed E-state index contributed by atoms with van der Waals surface area (Å²) in [6.45, 7) is 0. The van der Waals surface area contributed by atoms with Crippen molar-refractivity contribution in [3.8, 4) is 0 Å². The number of ketones is 1. The summed E-state index contributed by atoms with van der Waals surface area (Å²) in [5.41, 5.74) is 3.75. The predicted octanol–water partition coefficient (Wildman–Crippen LogP) is 1.36. The van der Waals surface area contributed by atoms with Gasteiger partial charge >= 0.3 is 0 Å². The van der Waals surface area contributed by atoms with Crippen LogP contribution in [0.25, 0.3) is 0 Å². The molecule has 1 atom stereocenters. The fraction of sp³-hybridized carbons (Fsp3) is 0.0909. The number of hydrogen-bond acceptors (Lipinski definition) is 2. The Hall–Kier alpha value is -1.90. The number of fused-ring (bicyclic) bond motifs is 1. The molecule has 1 aliphatic heterocycles. The molecule has 1 aromatic heterocycles. The number of nitrogens with one attached hydrogen (secondary N) is 1. The number of dihydropyridines is 1. The van der Waals surface area contributed by atoms with Gasteiger partial charge in [0.05, 0.1) is 16.8 Å². The highest BCUT2D eigenvalue weighted by atomic mass is 16.1. The second-order valence-electron chi connectivity index (χ2n) is 3.83. The standard InChI is InChI=1S/C11H6N2O/c14-8-3-9-11(4-6(11)5-13-9)7-1-2-12-10(7)8/h1-5,12H. The van der Waals surface area contributed by atoms with Crippen molar-refractivity contribution in [2.75, 3.05) is 0 Å². The monoisotopic (exact) mass is 182 g/mol. The van der Waals surface area contributed by atoms with Crippen molar-refractivity contribution in [2.45, 2.75) is 5.41 Å². The number of carbonyl (C=O) groups excluding carboxylic acids is 1. The van der Waals surface area contributed by atoms with Gasteiger partial charge in [-0.05, 0) is 11.6 Å². The van der Waals surface area contributed by atoms with Crippen LogP contribution in [0.2, 0.25) is 0 Å². The highest BCUT2D eigenvalue weighted by molar-refractivity contribution is 6.12. The zero-order chi connectivity index (χ0) is 9.34. The van der Waals surface area contributed by atoms with Crippen LogP contribution in [0.15, 0.2) is 40.7 Å². The summed E-state index contributed by atoms with van der Waals surface area (Å²) >= 11 is 0. The van der Waals surface area contributed by atoms with Crippen molar-refractivity contribution in [3.05, 3.63) is 46.9 Å². The Morgan fingerprint density at radius 1 is 1.43 bits per heavy atom. The summed E-state index contributed by atoms with van der Waals surface area (Å²) in [4.78, 5) is 18.9. The summed E-state index contributed by atoms with van der Waals surface area (Å²) in [6.07, 6.45) is 7.45. The highest BCUT2D eigenvalue weighted by Crippen LogP contribution is 2.57. The van der Waals surface area contributed by atoms with Gasteiger partial charge < -0.3 is 4.98 Å². The zero-order valence-electron chi connectivity index (χ0n) is 7.24. The molecule has 3 heteroatoms. The van der Waals surface area contributed by atoms with E-state index in [2.05, 4.69) is 16.1 Å². The number of aromatic nitrogens is 1. The number of hydrogen-bond donors (Lipinski definition) is 1. The van der Waals surface area contributed by atoms with Gasteiger partial charge in [-0.3, -0.25) is 9.79 Å². The molecule has 0 aromatic carbocycles. The maximum Gasteiger partial charge on any atom is 0.204 e. The van der Waals surface area contributed by atoms with Gasteiger partial charge in [-0.2, -0.15) is 0 Å². The van der Waals surface area contributed by atoms with E-state index in [0.717, 1.165) is 11.3 Å². The molecule has 0 fully saturated rings. The van der Waals surface area contributed by atoms with Gasteiger partial charge in [0.15, 0.2) is 0 Å². The molecule has 0 bridgehead atoms. The molecule has 0 radical (unpaired) electrons. The minimum atomic E-state index is -0.122. The molecule has 4 rings (SSSR count). The van der Waals surface area contributed by atoms with Crippen LogP contribution in [-0.4, -0.2) is 17.0 Å². The number of allylic oxidation sites excluding steroid dienone is 2. The van der Waals surface area contributed by atoms with Crippen LogP contribution in [0.4, 0.5) is 0 Å². The molecule has 66 valence electrons. The van der Waals surface area contributed by atoms with Crippen molar-refractivity contribution in [2.24, 2.45) is 4.99 Å². The summed E-state index contributed by atoms with van der Waals surface area (Å²) < 4.78 is 0. The van der Waals surface area contributed by atoms with E-state index < -0.39 is 0 Å². The zero-order valence-corrected chi connectivity index (χ0v) is 7.24. The van der Waals surface area contributed by atoms with Crippen LogP contribution < -0.4 is 0 Å². The van der Waals surface area contributed by atoms with Gasteiger partial charge in [-0.1, -0.05) is 6.08 Å². The maximum atomic E-state index is 11.6. The largest absolute Gasteiger partial charge is 0.358 e. The molecule has 1 unspecified atom stereocenters. The number of rotatable bonds is 0. The van der Waals surface area contributed by atoms with Crippen LogP contribution in [-0.2, 0) is 5.41 Å². The molecule has 1 spiro atoms. The van der Waals surface area contributed by atoms with Crippen molar-refractivity contribution >= 4 is 12.0 Å². The summed E-state index contributed by atoms with van der Waals surface area (Å²) in [5.74, 6) is 0.0318. The van der Waals surface area contributed by atoms with Gasteiger partial charge in [0.1, 0.15) is 0 Å². The Labute approximate surface area is 79.9 Å². The molecular formula is C11H6N2O. The van der Waals surface area contributed by atoms with E-state index >= 15 is 0 Å². The van der Waals surface area contributed by atoms with Gasteiger partial charge in [-0.25, -0.2) is 0 Å². The van der Waals surface area contributed by atoms with Crippen LogP contribution >= 0.6 is 0 Å². The van der Waals surface area contributed by atoms with Crippen molar-refractivity contribution in [1.29, 1.82) is 0 Å². The van der Waals surface area contributed by atoms with Crippen LogP contribution in [0.1, 0.15) is 16.1 Å². The van der Waals surface area contributed by atoms with Crippen molar-refractivity contribution in [3.63, 3.8) is 0 Å². The number of nitrogens with zero attached hydrogens (tertiary/aromatic N) is 1. The fourth-order valence-corrected chi connectivity index (χ4v) is 2.42. The predicted molar refractivity (Wildman–Crippen MR) is 51.5 cm³/mol. The van der Waals surface area contributed by atoms with Gasteiger partial charge in [0.2, 0.25) is 5.78 Å². The molecule has 2 aliphatic carbocycles. The van der Waals surface area contributed by atoms with Gasteiger partial charge in [-0.15, -0.1) is 0 Å². The topological polar surface area (TPSA) is 45.2 Å². The lowest BCUT2D eigenvalue weighted by molar-refractivity contribution is 0.103. The third-order valence-corrected chi connectivity index (χ3v) is 3.18. The molecule has 3 nitrogen and oxygen atoms in total. The highest BCUT2D eigenvalue weighted by Gasteiger charge is 2.55. The minimum absolute atomic E-state index is 0.0318. The first-order valence-electron chi connectivity index (χ1n) is 4.54. The van der Waals surface area contributed by atoms with E-state index in [1.807, 2.05) is 18.5 Å². The van der Waals surface area contributed by atoms with Crippen LogP contribution in [0.5, 0.6) is 0 Å². The molecule has 0 saturated carbocycles. The van der Waals surface area contributed by atoms with Crippen molar-refractivity contribution in [1.82, 2.24) is 4.98 Å². The lowest BCUT2D eigenvalue weighted by atomic mass is 9.83. The van der Waals surface area contributed by atoms with E-state index in [4.69, 9.17) is 0 Å². The second-order valence-corrected chi connectivity index (χ2v) is 3.83. The third-order valence-electron chi connectivity index (χ3n) is 3.18. The quantitative estimate of drug-likeness (QED) is 0.646. The molecule has 1 aromatic rings. The molecule has 14 heavy (non-hydrogen) atoms. The fourth-order valence-electron chi connectivity index (χ4n) is 2.42. The summed E-state index contributed by atoms with van der Waals surface area (Å²) in [5, 5.41) is 0. The Balaban J connectivity index is 2.09. The number of H-pyrrole nitrogens is 1. The molecule has 0 saturated heterocycles. The molecular weight excluding hydrogens is 176 g/mol. The average molecular weight is 182 g/mol. The molecule has 1 N–H and O–H groups in total. The van der Waals surface area contributed by atoms with Gasteiger partial charge in [0, 0.05) is 24.1 Å². The van der Waals surface area contributed by atoms with E-state index in [0.29, 0.717) is 5.69 Å². The molecule has 3 aliphatic rings. The smallest absolute Gasteiger partial charge is 0.204 e. The van der Waals surface area contributed by atoms with E-state index in [-0.39, 0.29) is 11.2 Å². The lowest BCUT2D eigenvalue weighted by Crippen LogP contribution is -2.20. The maximum absolute atomic E-state index is 11.6. The SMILES string of the molecule is O=C1C=C2N=CC3=CC32c2cc[nH]c21. The lowest BCUT2D eigenvalue weighted by Gasteiger charge is -2.19. The van der Waals surface area contributed by atoms with Gasteiger partial charge in [0.25, 0.3) is 0 Å².